The molecule has 0 atom stereocenters. The van der Waals surface area contributed by atoms with Gasteiger partial charge in [-0.05, 0) is 41.7 Å². The summed E-state index contributed by atoms with van der Waals surface area (Å²) in [5.74, 6) is 1.07. The smallest absolute Gasteiger partial charge is 0.173 e. The number of hydrogen-bond donors (Lipinski definition) is 0. The van der Waals surface area contributed by atoms with Crippen molar-refractivity contribution in [1.82, 2.24) is 0 Å². The molecule has 2 aromatic rings. The van der Waals surface area contributed by atoms with E-state index >= 15 is 0 Å². The van der Waals surface area contributed by atoms with E-state index in [4.69, 9.17) is 4.74 Å². The second-order valence-corrected chi connectivity index (χ2v) is 7.27. The van der Waals surface area contributed by atoms with Gasteiger partial charge in [0.15, 0.2) is 5.78 Å². The summed E-state index contributed by atoms with van der Waals surface area (Å²) in [7, 11) is 1.65. The molecular weight excluding hydrogens is 280 g/mol. The molecule has 0 amide bonds. The second-order valence-electron chi connectivity index (χ2n) is 6.19. The quantitative estimate of drug-likeness (QED) is 0.737. The molecule has 21 heavy (non-hydrogen) atoms. The number of ketones is 1. The molecule has 1 aromatic heterocycles. The zero-order valence-electron chi connectivity index (χ0n) is 13.1. The topological polar surface area (TPSA) is 26.3 Å². The SMILES string of the molecule is COc1ccc(CCC(=O)c2ccc(C(C)(C)C)s2)cc1. The van der Waals surface area contributed by atoms with Crippen LogP contribution in [0, 0.1) is 0 Å². The van der Waals surface area contributed by atoms with E-state index in [0.29, 0.717) is 6.42 Å². The van der Waals surface area contributed by atoms with Gasteiger partial charge in [-0.15, -0.1) is 11.3 Å². The molecule has 1 heterocycles. The van der Waals surface area contributed by atoms with Crippen LogP contribution in [0.15, 0.2) is 36.4 Å². The summed E-state index contributed by atoms with van der Waals surface area (Å²) in [6, 6.07) is 11.9. The zero-order valence-corrected chi connectivity index (χ0v) is 13.9. The van der Waals surface area contributed by atoms with Gasteiger partial charge in [-0.25, -0.2) is 0 Å². The van der Waals surface area contributed by atoms with Crippen molar-refractivity contribution < 1.29 is 9.53 Å². The molecule has 112 valence electrons. The first-order valence-electron chi connectivity index (χ1n) is 7.16. The lowest BCUT2D eigenvalue weighted by Gasteiger charge is -2.15. The highest BCUT2D eigenvalue weighted by atomic mass is 32.1. The maximum atomic E-state index is 12.3. The Bertz CT molecular complexity index is 603. The minimum absolute atomic E-state index is 0.110. The number of carbonyl (C=O) groups is 1. The number of aryl methyl sites for hydroxylation is 1. The van der Waals surface area contributed by atoms with Crippen LogP contribution < -0.4 is 4.74 Å². The van der Waals surface area contributed by atoms with Crippen molar-refractivity contribution in [2.24, 2.45) is 0 Å². The minimum atomic E-state index is 0.110. The molecule has 0 aliphatic heterocycles. The van der Waals surface area contributed by atoms with Crippen LogP contribution in [-0.2, 0) is 11.8 Å². The number of ether oxygens (including phenoxy) is 1. The van der Waals surface area contributed by atoms with Gasteiger partial charge < -0.3 is 4.74 Å². The Balaban J connectivity index is 1.96. The van der Waals surface area contributed by atoms with Crippen molar-refractivity contribution in [3.8, 4) is 5.75 Å². The Labute approximate surface area is 130 Å². The monoisotopic (exact) mass is 302 g/mol. The van der Waals surface area contributed by atoms with E-state index in [1.165, 1.54) is 4.88 Å². The molecule has 0 fully saturated rings. The van der Waals surface area contributed by atoms with Gasteiger partial charge in [-0.1, -0.05) is 32.9 Å². The highest BCUT2D eigenvalue weighted by Crippen LogP contribution is 2.30. The van der Waals surface area contributed by atoms with E-state index < -0.39 is 0 Å². The minimum Gasteiger partial charge on any atom is -0.497 e. The maximum absolute atomic E-state index is 12.3. The fourth-order valence-corrected chi connectivity index (χ4v) is 3.10. The Morgan fingerprint density at radius 3 is 2.29 bits per heavy atom. The fraction of sp³-hybridized carbons (Fsp3) is 0.389. The van der Waals surface area contributed by atoms with Crippen LogP contribution >= 0.6 is 11.3 Å². The summed E-state index contributed by atoms with van der Waals surface area (Å²) in [6.07, 6.45) is 1.32. The lowest BCUT2D eigenvalue weighted by atomic mass is 9.95. The Morgan fingerprint density at radius 2 is 1.76 bits per heavy atom. The summed E-state index contributed by atoms with van der Waals surface area (Å²) in [5.41, 5.74) is 1.27. The first kappa shape index (κ1) is 15.8. The molecule has 0 saturated heterocycles. The van der Waals surface area contributed by atoms with Crippen LogP contribution in [0.1, 0.15) is 47.3 Å². The average Bonchev–Trinajstić information content (AvgIpc) is 2.95. The molecule has 0 aliphatic rings. The van der Waals surface area contributed by atoms with Gasteiger partial charge in [0.1, 0.15) is 5.75 Å². The van der Waals surface area contributed by atoms with E-state index in [1.54, 1.807) is 18.4 Å². The highest BCUT2D eigenvalue weighted by Gasteiger charge is 2.18. The van der Waals surface area contributed by atoms with E-state index in [0.717, 1.165) is 22.6 Å². The molecule has 0 spiro atoms. The fourth-order valence-electron chi connectivity index (χ4n) is 2.06. The molecule has 3 heteroatoms. The average molecular weight is 302 g/mol. The van der Waals surface area contributed by atoms with Crippen LogP contribution in [0.25, 0.3) is 0 Å². The maximum Gasteiger partial charge on any atom is 0.173 e. The van der Waals surface area contributed by atoms with Gasteiger partial charge in [0.25, 0.3) is 0 Å². The number of benzene rings is 1. The van der Waals surface area contributed by atoms with E-state index in [-0.39, 0.29) is 11.2 Å². The normalized spacial score (nSPS) is 11.4. The molecule has 0 radical (unpaired) electrons. The first-order valence-corrected chi connectivity index (χ1v) is 7.98. The second kappa shape index (κ2) is 6.44. The van der Waals surface area contributed by atoms with Crippen LogP contribution in [0.5, 0.6) is 5.75 Å². The number of methoxy groups -OCH3 is 1. The van der Waals surface area contributed by atoms with E-state index in [2.05, 4.69) is 26.8 Å². The van der Waals surface area contributed by atoms with Gasteiger partial charge in [0, 0.05) is 11.3 Å². The summed E-state index contributed by atoms with van der Waals surface area (Å²) in [4.78, 5) is 14.4. The molecule has 0 unspecified atom stereocenters. The van der Waals surface area contributed by atoms with Crippen molar-refractivity contribution in [3.05, 3.63) is 51.7 Å². The summed E-state index contributed by atoms with van der Waals surface area (Å²) >= 11 is 1.62. The molecule has 0 bridgehead atoms. The molecular formula is C18H22O2S. The molecule has 2 rings (SSSR count). The van der Waals surface area contributed by atoms with Crippen molar-refractivity contribution in [1.29, 1.82) is 0 Å². The van der Waals surface area contributed by atoms with Crippen LogP contribution in [0.2, 0.25) is 0 Å². The van der Waals surface area contributed by atoms with Crippen LogP contribution in [0.3, 0.4) is 0 Å². The van der Waals surface area contributed by atoms with E-state index in [1.807, 2.05) is 30.3 Å². The molecule has 1 aromatic carbocycles. The van der Waals surface area contributed by atoms with Crippen molar-refractivity contribution >= 4 is 17.1 Å². The van der Waals surface area contributed by atoms with Crippen molar-refractivity contribution in [2.45, 2.75) is 39.0 Å². The lowest BCUT2D eigenvalue weighted by Crippen LogP contribution is -2.07. The van der Waals surface area contributed by atoms with Crippen LogP contribution in [0.4, 0.5) is 0 Å². The Morgan fingerprint density at radius 1 is 1.10 bits per heavy atom. The standard InChI is InChI=1S/C18H22O2S/c1-18(2,3)17-12-11-16(21-17)15(19)10-7-13-5-8-14(20-4)9-6-13/h5-6,8-9,11-12H,7,10H2,1-4H3. The zero-order chi connectivity index (χ0) is 15.5. The van der Waals surface area contributed by atoms with Gasteiger partial charge in [-0.3, -0.25) is 4.79 Å². The molecule has 2 nitrogen and oxygen atoms in total. The Kier molecular flexibility index (Phi) is 4.84. The molecule has 0 saturated carbocycles. The highest BCUT2D eigenvalue weighted by molar-refractivity contribution is 7.14. The van der Waals surface area contributed by atoms with Gasteiger partial charge in [0.05, 0.1) is 12.0 Å². The Hall–Kier alpha value is -1.61. The molecule has 0 aliphatic carbocycles. The largest absolute Gasteiger partial charge is 0.497 e. The van der Waals surface area contributed by atoms with Gasteiger partial charge >= 0.3 is 0 Å². The summed E-state index contributed by atoms with van der Waals surface area (Å²) < 4.78 is 5.13. The number of carbonyl (C=O) groups excluding carboxylic acids is 1. The number of Topliss-reactive ketones (excluding diaryl/α,β-unsaturated/α-hetero) is 1. The van der Waals surface area contributed by atoms with Crippen LogP contribution in [-0.4, -0.2) is 12.9 Å². The lowest BCUT2D eigenvalue weighted by molar-refractivity contribution is 0.0986. The van der Waals surface area contributed by atoms with Gasteiger partial charge in [-0.2, -0.15) is 0 Å². The third kappa shape index (κ3) is 4.18. The van der Waals surface area contributed by atoms with Crippen molar-refractivity contribution in [2.75, 3.05) is 7.11 Å². The number of rotatable bonds is 5. The summed E-state index contributed by atoms with van der Waals surface area (Å²) in [6.45, 7) is 6.51. The number of hydrogen-bond acceptors (Lipinski definition) is 3. The third-order valence-corrected chi connectivity index (χ3v) is 4.97. The predicted octanol–water partition coefficient (Wildman–Crippen LogP) is 4.87. The summed E-state index contributed by atoms with van der Waals surface area (Å²) in [5, 5.41) is 0. The van der Waals surface area contributed by atoms with Crippen molar-refractivity contribution in [3.63, 3.8) is 0 Å². The first-order chi connectivity index (χ1) is 9.90. The van der Waals surface area contributed by atoms with Gasteiger partial charge in [0.2, 0.25) is 0 Å². The predicted molar refractivity (Wildman–Crippen MR) is 88.7 cm³/mol. The number of thiophene rings is 1. The molecule has 0 N–H and O–H groups in total. The van der Waals surface area contributed by atoms with E-state index in [9.17, 15) is 4.79 Å². The third-order valence-electron chi connectivity index (χ3n) is 3.42.